The van der Waals surface area contributed by atoms with Crippen molar-refractivity contribution in [1.29, 1.82) is 0 Å². The van der Waals surface area contributed by atoms with Crippen LogP contribution in [0.4, 0.5) is 10.5 Å². The number of thiol groups is 1. The molecular formula is C25H30N2O7S. The molecule has 1 N–H and O–H groups in total. The molecular weight excluding hydrogens is 472 g/mol. The SMILES string of the molecule is C=CCOC(=O)c1ccc(C)c(OCC=C)c1NC(=O)[C@@H]1C[C@@H](CC(=O)S)CN1C(=O)OCC=C. The summed E-state index contributed by atoms with van der Waals surface area (Å²) in [6, 6.07) is 2.24. The van der Waals surface area contributed by atoms with Crippen LogP contribution in [0.15, 0.2) is 50.1 Å². The summed E-state index contributed by atoms with van der Waals surface area (Å²) in [7, 11) is 0. The molecule has 1 aromatic rings. The van der Waals surface area contributed by atoms with Crippen molar-refractivity contribution in [2.75, 3.05) is 31.7 Å². The van der Waals surface area contributed by atoms with E-state index >= 15 is 0 Å². The zero-order valence-corrected chi connectivity index (χ0v) is 20.6. The van der Waals surface area contributed by atoms with Crippen LogP contribution in [0, 0.1) is 12.8 Å². The van der Waals surface area contributed by atoms with E-state index in [1.54, 1.807) is 13.0 Å². The molecule has 1 fully saturated rings. The summed E-state index contributed by atoms with van der Waals surface area (Å²) in [5, 5.41) is 2.40. The Morgan fingerprint density at radius 3 is 2.37 bits per heavy atom. The third-order valence-corrected chi connectivity index (χ3v) is 5.40. The number of aryl methyl sites for hydroxylation is 1. The summed E-state index contributed by atoms with van der Waals surface area (Å²) in [5.41, 5.74) is 0.847. The first-order chi connectivity index (χ1) is 16.7. The van der Waals surface area contributed by atoms with Gasteiger partial charge in [-0.2, -0.15) is 0 Å². The van der Waals surface area contributed by atoms with E-state index < -0.39 is 24.0 Å². The Hall–Kier alpha value is -3.53. The lowest BCUT2D eigenvalue weighted by Crippen LogP contribution is -2.43. The van der Waals surface area contributed by atoms with Crippen LogP contribution in [0.2, 0.25) is 0 Å². The average Bonchev–Trinajstić information content (AvgIpc) is 3.24. The van der Waals surface area contributed by atoms with Crippen LogP contribution in [-0.2, 0) is 19.1 Å². The molecule has 1 saturated heterocycles. The second kappa shape index (κ2) is 13.4. The molecule has 1 aliphatic rings. The van der Waals surface area contributed by atoms with Crippen molar-refractivity contribution >= 4 is 41.4 Å². The van der Waals surface area contributed by atoms with E-state index in [9.17, 15) is 19.2 Å². The first kappa shape index (κ1) is 27.7. The zero-order valence-electron chi connectivity index (χ0n) is 19.7. The number of hydrogen-bond acceptors (Lipinski definition) is 7. The van der Waals surface area contributed by atoms with Crippen LogP contribution in [-0.4, -0.2) is 60.4 Å². The van der Waals surface area contributed by atoms with Crippen LogP contribution in [0.1, 0.15) is 28.8 Å². The molecule has 188 valence electrons. The van der Waals surface area contributed by atoms with Crippen LogP contribution in [0.5, 0.6) is 5.75 Å². The number of nitrogens with one attached hydrogen (secondary N) is 1. The van der Waals surface area contributed by atoms with Gasteiger partial charge in [0.2, 0.25) is 5.91 Å². The molecule has 0 unspecified atom stereocenters. The first-order valence-corrected chi connectivity index (χ1v) is 11.4. The fraction of sp³-hybridized carbons (Fsp3) is 0.360. The molecule has 2 amide bonds. The highest BCUT2D eigenvalue weighted by molar-refractivity contribution is 7.96. The summed E-state index contributed by atoms with van der Waals surface area (Å²) in [6.45, 7) is 12.6. The van der Waals surface area contributed by atoms with Crippen molar-refractivity contribution in [1.82, 2.24) is 4.90 Å². The van der Waals surface area contributed by atoms with E-state index in [-0.39, 0.29) is 67.2 Å². The fourth-order valence-electron chi connectivity index (χ4n) is 3.71. The molecule has 0 spiro atoms. The predicted molar refractivity (Wildman–Crippen MR) is 135 cm³/mol. The average molecular weight is 503 g/mol. The maximum atomic E-state index is 13.4. The van der Waals surface area contributed by atoms with E-state index in [0.717, 1.165) is 0 Å². The van der Waals surface area contributed by atoms with Gasteiger partial charge in [0.05, 0.1) is 11.3 Å². The van der Waals surface area contributed by atoms with Crippen LogP contribution in [0.25, 0.3) is 0 Å². The summed E-state index contributed by atoms with van der Waals surface area (Å²) < 4.78 is 16.0. The second-order valence-corrected chi connectivity index (χ2v) is 8.34. The molecule has 0 aromatic heterocycles. The Labute approximate surface area is 210 Å². The molecule has 35 heavy (non-hydrogen) atoms. The molecule has 0 saturated carbocycles. The largest absolute Gasteiger partial charge is 0.487 e. The Morgan fingerprint density at radius 1 is 1.09 bits per heavy atom. The number of amides is 2. The molecule has 1 heterocycles. The summed E-state index contributed by atoms with van der Waals surface area (Å²) in [5.74, 6) is -1.26. The summed E-state index contributed by atoms with van der Waals surface area (Å²) >= 11 is 3.82. The molecule has 0 bridgehead atoms. The Bertz CT molecular complexity index is 1010. The molecule has 2 rings (SSSR count). The van der Waals surface area contributed by atoms with E-state index in [4.69, 9.17) is 14.2 Å². The maximum Gasteiger partial charge on any atom is 0.410 e. The third-order valence-electron chi connectivity index (χ3n) is 5.21. The number of carbonyl (C=O) groups excluding carboxylic acids is 4. The van der Waals surface area contributed by atoms with Crippen molar-refractivity contribution < 1.29 is 33.4 Å². The van der Waals surface area contributed by atoms with Gasteiger partial charge < -0.3 is 19.5 Å². The van der Waals surface area contributed by atoms with Crippen molar-refractivity contribution in [3.63, 3.8) is 0 Å². The molecule has 9 nitrogen and oxygen atoms in total. The molecule has 0 radical (unpaired) electrons. The number of ether oxygens (including phenoxy) is 3. The maximum absolute atomic E-state index is 13.4. The van der Waals surface area contributed by atoms with E-state index in [2.05, 4.69) is 37.7 Å². The quantitative estimate of drug-likeness (QED) is 0.255. The minimum atomic E-state index is -0.949. The molecule has 1 aromatic carbocycles. The van der Waals surface area contributed by atoms with Gasteiger partial charge in [0.15, 0.2) is 5.12 Å². The van der Waals surface area contributed by atoms with Gasteiger partial charge in [-0.05, 0) is 30.9 Å². The van der Waals surface area contributed by atoms with Crippen LogP contribution >= 0.6 is 12.6 Å². The van der Waals surface area contributed by atoms with Gasteiger partial charge in [-0.25, -0.2) is 9.59 Å². The Balaban J connectivity index is 2.41. The van der Waals surface area contributed by atoms with Crippen molar-refractivity contribution in [3.8, 4) is 5.75 Å². The smallest absolute Gasteiger partial charge is 0.410 e. The highest BCUT2D eigenvalue weighted by atomic mass is 32.1. The number of nitrogens with zero attached hydrogens (tertiary/aromatic N) is 1. The van der Waals surface area contributed by atoms with E-state index in [1.807, 2.05) is 0 Å². The Morgan fingerprint density at radius 2 is 1.74 bits per heavy atom. The van der Waals surface area contributed by atoms with Gasteiger partial charge in [-0.15, -0.1) is 12.6 Å². The number of esters is 1. The van der Waals surface area contributed by atoms with Crippen molar-refractivity contribution in [2.24, 2.45) is 5.92 Å². The molecule has 2 atom stereocenters. The highest BCUT2D eigenvalue weighted by Crippen LogP contribution is 2.35. The monoisotopic (exact) mass is 502 g/mol. The van der Waals surface area contributed by atoms with E-state index in [1.165, 1.54) is 29.2 Å². The molecule has 10 heteroatoms. The third kappa shape index (κ3) is 7.48. The lowest BCUT2D eigenvalue weighted by Gasteiger charge is -2.24. The predicted octanol–water partition coefficient (Wildman–Crippen LogP) is 3.70. The number of likely N-dealkylation sites (tertiary alicyclic amines) is 1. The fourth-order valence-corrected chi connectivity index (χ4v) is 3.97. The van der Waals surface area contributed by atoms with Gasteiger partial charge >= 0.3 is 12.1 Å². The summed E-state index contributed by atoms with van der Waals surface area (Å²) in [4.78, 5) is 51.5. The van der Waals surface area contributed by atoms with Crippen LogP contribution < -0.4 is 10.1 Å². The molecule has 1 aliphatic heterocycles. The van der Waals surface area contributed by atoms with Gasteiger partial charge in [0.1, 0.15) is 31.6 Å². The number of anilines is 1. The first-order valence-electron chi connectivity index (χ1n) is 11.0. The lowest BCUT2D eigenvalue weighted by molar-refractivity contribution is -0.120. The van der Waals surface area contributed by atoms with Crippen molar-refractivity contribution in [3.05, 3.63) is 61.2 Å². The number of carbonyl (C=O) groups is 4. The molecule has 0 aliphatic carbocycles. The number of rotatable bonds is 12. The standard InChI is InChI=1S/C25H30N2O7S/c1-5-10-32-22-16(4)8-9-18(24(30)33-11-6-2)21(22)26-23(29)19-13-17(14-20(28)35)15-27(19)25(31)34-12-7-3/h5-9,17,19H,1-3,10-15H2,4H3,(H,26,29)(H,28,35)/t17-,19-/m0/s1. The number of hydrogen-bond donors (Lipinski definition) is 2. The van der Waals surface area contributed by atoms with Gasteiger partial charge in [0.25, 0.3) is 0 Å². The normalized spacial score (nSPS) is 16.7. The van der Waals surface area contributed by atoms with Gasteiger partial charge in [0, 0.05) is 13.0 Å². The second-order valence-electron chi connectivity index (χ2n) is 7.84. The lowest BCUT2D eigenvalue weighted by atomic mass is 10.0. The van der Waals surface area contributed by atoms with Gasteiger partial charge in [-0.3, -0.25) is 14.5 Å². The highest BCUT2D eigenvalue weighted by Gasteiger charge is 2.41. The van der Waals surface area contributed by atoms with Crippen molar-refractivity contribution in [2.45, 2.75) is 25.8 Å². The topological polar surface area (TPSA) is 111 Å². The van der Waals surface area contributed by atoms with Crippen LogP contribution in [0.3, 0.4) is 0 Å². The summed E-state index contributed by atoms with van der Waals surface area (Å²) in [6.07, 6.45) is 3.96. The minimum absolute atomic E-state index is 0.0199. The van der Waals surface area contributed by atoms with Gasteiger partial charge in [-0.1, -0.05) is 44.0 Å². The Kier molecular flexibility index (Phi) is 10.6. The number of benzene rings is 1. The minimum Gasteiger partial charge on any atom is -0.487 e. The zero-order chi connectivity index (χ0) is 26.0. The van der Waals surface area contributed by atoms with E-state index in [0.29, 0.717) is 5.56 Å².